The molecule has 1 amide bonds. The number of anilines is 1. The van der Waals surface area contributed by atoms with Crippen LogP contribution in [0, 0.1) is 0 Å². The SMILES string of the molecule is CCOc1ccccc1C=CC(=O)Nc1ccccc1S(=O)(=O)N1CCCCC1. The molecule has 7 heteroatoms. The van der Waals surface area contributed by atoms with E-state index < -0.39 is 15.9 Å². The van der Waals surface area contributed by atoms with Crippen molar-refractivity contribution >= 4 is 27.7 Å². The number of nitrogens with one attached hydrogen (secondary N) is 1. The van der Waals surface area contributed by atoms with Gasteiger partial charge in [-0.05, 0) is 44.0 Å². The lowest BCUT2D eigenvalue weighted by Gasteiger charge is -2.26. The van der Waals surface area contributed by atoms with Crippen molar-refractivity contribution in [3.8, 4) is 5.75 Å². The monoisotopic (exact) mass is 414 g/mol. The molecular weight excluding hydrogens is 388 g/mol. The molecule has 1 N–H and O–H groups in total. The zero-order valence-corrected chi connectivity index (χ0v) is 17.3. The molecule has 0 unspecified atom stereocenters. The number of carbonyl (C=O) groups is 1. The molecule has 1 aliphatic heterocycles. The number of para-hydroxylation sites is 2. The first-order chi connectivity index (χ1) is 14.0. The van der Waals surface area contributed by atoms with Crippen LogP contribution in [-0.4, -0.2) is 38.3 Å². The third-order valence-electron chi connectivity index (χ3n) is 4.71. The number of benzene rings is 2. The maximum Gasteiger partial charge on any atom is 0.248 e. The van der Waals surface area contributed by atoms with Gasteiger partial charge in [0.2, 0.25) is 15.9 Å². The van der Waals surface area contributed by atoms with Crippen molar-refractivity contribution in [3.63, 3.8) is 0 Å². The van der Waals surface area contributed by atoms with Crippen LogP contribution in [0.5, 0.6) is 5.75 Å². The molecule has 1 heterocycles. The van der Waals surface area contributed by atoms with Crippen molar-refractivity contribution in [3.05, 3.63) is 60.2 Å². The van der Waals surface area contributed by atoms with E-state index in [1.165, 1.54) is 16.4 Å². The van der Waals surface area contributed by atoms with Crippen LogP contribution in [0.3, 0.4) is 0 Å². The molecule has 0 radical (unpaired) electrons. The van der Waals surface area contributed by atoms with Gasteiger partial charge in [-0.25, -0.2) is 8.42 Å². The van der Waals surface area contributed by atoms with Crippen LogP contribution in [0.25, 0.3) is 6.08 Å². The van der Waals surface area contributed by atoms with Gasteiger partial charge < -0.3 is 10.1 Å². The maximum absolute atomic E-state index is 13.0. The highest BCUT2D eigenvalue weighted by Gasteiger charge is 2.28. The van der Waals surface area contributed by atoms with Gasteiger partial charge in [-0.3, -0.25) is 4.79 Å². The molecule has 1 saturated heterocycles. The van der Waals surface area contributed by atoms with Crippen molar-refractivity contribution in [2.24, 2.45) is 0 Å². The Hall–Kier alpha value is -2.64. The van der Waals surface area contributed by atoms with Gasteiger partial charge in [-0.2, -0.15) is 4.31 Å². The third-order valence-corrected chi connectivity index (χ3v) is 6.67. The molecule has 1 fully saturated rings. The van der Waals surface area contributed by atoms with E-state index in [1.54, 1.807) is 24.3 Å². The van der Waals surface area contributed by atoms with E-state index in [1.807, 2.05) is 31.2 Å². The standard InChI is InChI=1S/C22H26N2O4S/c1-2-28-20-12-6-4-10-18(20)14-15-22(25)23-19-11-5-7-13-21(19)29(26,27)24-16-8-3-9-17-24/h4-7,10-15H,2-3,8-9,16-17H2,1H3,(H,23,25). The summed E-state index contributed by atoms with van der Waals surface area (Å²) < 4.78 is 33.1. The molecular formula is C22H26N2O4S. The quantitative estimate of drug-likeness (QED) is 0.697. The van der Waals surface area contributed by atoms with Crippen molar-refractivity contribution in [1.29, 1.82) is 0 Å². The molecule has 0 spiro atoms. The first-order valence-electron chi connectivity index (χ1n) is 9.82. The Morgan fingerprint density at radius 1 is 1.07 bits per heavy atom. The number of carbonyl (C=O) groups excluding carboxylic acids is 1. The molecule has 29 heavy (non-hydrogen) atoms. The summed E-state index contributed by atoms with van der Waals surface area (Å²) in [6.45, 7) is 3.45. The first-order valence-corrected chi connectivity index (χ1v) is 11.3. The Balaban J connectivity index is 1.78. The van der Waals surface area contributed by atoms with Crippen LogP contribution >= 0.6 is 0 Å². The summed E-state index contributed by atoms with van der Waals surface area (Å²) in [6.07, 6.45) is 5.79. The number of piperidine rings is 1. The van der Waals surface area contributed by atoms with Gasteiger partial charge in [0.05, 0.1) is 12.3 Å². The molecule has 3 rings (SSSR count). The zero-order valence-electron chi connectivity index (χ0n) is 16.5. The average Bonchev–Trinajstić information content (AvgIpc) is 2.74. The molecule has 1 aliphatic rings. The minimum absolute atomic E-state index is 0.123. The highest BCUT2D eigenvalue weighted by molar-refractivity contribution is 7.89. The molecule has 0 bridgehead atoms. The average molecular weight is 415 g/mol. The van der Waals surface area contributed by atoms with E-state index in [2.05, 4.69) is 5.32 Å². The van der Waals surface area contributed by atoms with Gasteiger partial charge in [0.1, 0.15) is 10.6 Å². The van der Waals surface area contributed by atoms with Crippen LogP contribution in [0.15, 0.2) is 59.5 Å². The summed E-state index contributed by atoms with van der Waals surface area (Å²) in [5.74, 6) is 0.282. The molecule has 2 aromatic carbocycles. The lowest BCUT2D eigenvalue weighted by Crippen LogP contribution is -2.36. The summed E-state index contributed by atoms with van der Waals surface area (Å²) in [5, 5.41) is 2.71. The van der Waals surface area contributed by atoms with Gasteiger partial charge in [0.25, 0.3) is 0 Å². The summed E-state index contributed by atoms with van der Waals surface area (Å²) in [6, 6.07) is 13.9. The normalized spacial score (nSPS) is 15.3. The van der Waals surface area contributed by atoms with Gasteiger partial charge in [-0.1, -0.05) is 36.8 Å². The first kappa shape index (κ1) is 21.1. The Bertz CT molecular complexity index is 980. The second-order valence-electron chi connectivity index (χ2n) is 6.75. The van der Waals surface area contributed by atoms with E-state index in [4.69, 9.17) is 4.74 Å². The van der Waals surface area contributed by atoms with E-state index in [-0.39, 0.29) is 10.6 Å². The van der Waals surface area contributed by atoms with Crippen molar-refractivity contribution in [2.75, 3.05) is 25.0 Å². The van der Waals surface area contributed by atoms with Crippen molar-refractivity contribution in [2.45, 2.75) is 31.1 Å². The minimum atomic E-state index is -3.64. The third kappa shape index (κ3) is 5.25. The zero-order chi connectivity index (χ0) is 20.7. The van der Waals surface area contributed by atoms with Gasteiger partial charge in [0, 0.05) is 24.7 Å². The van der Waals surface area contributed by atoms with Crippen LogP contribution in [-0.2, 0) is 14.8 Å². The second-order valence-corrected chi connectivity index (χ2v) is 8.66. The fourth-order valence-corrected chi connectivity index (χ4v) is 4.95. The Labute approximate surface area is 172 Å². The smallest absolute Gasteiger partial charge is 0.248 e. The van der Waals surface area contributed by atoms with E-state index >= 15 is 0 Å². The highest BCUT2D eigenvalue weighted by Crippen LogP contribution is 2.27. The second kappa shape index (κ2) is 9.71. The minimum Gasteiger partial charge on any atom is -0.493 e. The molecule has 2 aromatic rings. The summed E-state index contributed by atoms with van der Waals surface area (Å²) in [4.78, 5) is 12.6. The topological polar surface area (TPSA) is 75.7 Å². The molecule has 0 saturated carbocycles. The van der Waals surface area contributed by atoms with Gasteiger partial charge >= 0.3 is 0 Å². The number of hydrogen-bond donors (Lipinski definition) is 1. The molecule has 0 aromatic heterocycles. The number of rotatable bonds is 7. The van der Waals surface area contributed by atoms with Crippen LogP contribution < -0.4 is 10.1 Å². The Morgan fingerprint density at radius 3 is 2.52 bits per heavy atom. The summed E-state index contributed by atoms with van der Waals surface area (Å²) in [7, 11) is -3.64. The lowest BCUT2D eigenvalue weighted by molar-refractivity contribution is -0.111. The fourth-order valence-electron chi connectivity index (χ4n) is 3.28. The predicted octanol–water partition coefficient (Wildman–Crippen LogP) is 3.91. The molecule has 0 atom stereocenters. The summed E-state index contributed by atoms with van der Waals surface area (Å²) >= 11 is 0. The predicted molar refractivity (Wildman–Crippen MR) is 114 cm³/mol. The maximum atomic E-state index is 13.0. The summed E-state index contributed by atoms with van der Waals surface area (Å²) in [5.41, 5.74) is 1.06. The fraction of sp³-hybridized carbons (Fsp3) is 0.318. The molecule has 6 nitrogen and oxygen atoms in total. The van der Waals surface area contributed by atoms with Gasteiger partial charge in [-0.15, -0.1) is 0 Å². The number of amides is 1. The number of ether oxygens (including phenoxy) is 1. The Kier molecular flexibility index (Phi) is 7.06. The lowest BCUT2D eigenvalue weighted by atomic mass is 10.2. The van der Waals surface area contributed by atoms with E-state index in [0.717, 1.165) is 24.8 Å². The largest absolute Gasteiger partial charge is 0.493 e. The van der Waals surface area contributed by atoms with Crippen LogP contribution in [0.4, 0.5) is 5.69 Å². The van der Waals surface area contributed by atoms with Crippen LogP contribution in [0.2, 0.25) is 0 Å². The van der Waals surface area contributed by atoms with Gasteiger partial charge in [0.15, 0.2) is 0 Å². The number of sulfonamides is 1. The van der Waals surface area contributed by atoms with Crippen molar-refractivity contribution < 1.29 is 17.9 Å². The van der Waals surface area contributed by atoms with E-state index in [9.17, 15) is 13.2 Å². The van der Waals surface area contributed by atoms with Crippen molar-refractivity contribution in [1.82, 2.24) is 4.31 Å². The Morgan fingerprint density at radius 2 is 1.76 bits per heavy atom. The number of hydrogen-bond acceptors (Lipinski definition) is 4. The van der Waals surface area contributed by atoms with Crippen LogP contribution in [0.1, 0.15) is 31.7 Å². The highest BCUT2D eigenvalue weighted by atomic mass is 32.2. The molecule has 154 valence electrons. The van der Waals surface area contributed by atoms with E-state index in [0.29, 0.717) is 25.4 Å². The molecule has 0 aliphatic carbocycles. The number of nitrogens with zero attached hydrogens (tertiary/aromatic N) is 1.